The SMILES string of the molecule is C#CCOc1ccc(Br)cc1CNc1ccc(Cl)cc1F. The van der Waals surface area contributed by atoms with Crippen LogP contribution in [0, 0.1) is 18.2 Å². The van der Waals surface area contributed by atoms with Crippen LogP contribution in [0.15, 0.2) is 40.9 Å². The second-order valence-electron chi connectivity index (χ2n) is 4.22. The van der Waals surface area contributed by atoms with E-state index in [1.54, 1.807) is 12.1 Å². The van der Waals surface area contributed by atoms with Crippen molar-refractivity contribution < 1.29 is 9.13 Å². The zero-order valence-electron chi connectivity index (χ0n) is 11.0. The van der Waals surface area contributed by atoms with Gasteiger partial charge in [0.05, 0.1) is 5.69 Å². The Hall–Kier alpha value is -1.70. The number of terminal acetylenes is 1. The van der Waals surface area contributed by atoms with Crippen molar-refractivity contribution in [1.29, 1.82) is 0 Å². The molecule has 1 N–H and O–H groups in total. The van der Waals surface area contributed by atoms with Crippen LogP contribution in [0.2, 0.25) is 5.02 Å². The minimum atomic E-state index is -0.399. The van der Waals surface area contributed by atoms with E-state index in [1.807, 2.05) is 18.2 Å². The van der Waals surface area contributed by atoms with Crippen LogP contribution in [0.5, 0.6) is 5.75 Å². The second kappa shape index (κ2) is 7.35. The number of anilines is 1. The molecule has 2 nitrogen and oxygen atoms in total. The Balaban J connectivity index is 2.15. The van der Waals surface area contributed by atoms with E-state index in [2.05, 4.69) is 27.2 Å². The fourth-order valence-corrected chi connectivity index (χ4v) is 2.34. The average Bonchev–Trinajstić information content (AvgIpc) is 2.45. The van der Waals surface area contributed by atoms with Crippen LogP contribution in [0.1, 0.15) is 5.56 Å². The predicted octanol–water partition coefficient (Wildman–Crippen LogP) is 4.87. The fourth-order valence-electron chi connectivity index (χ4n) is 1.77. The van der Waals surface area contributed by atoms with Gasteiger partial charge in [0.15, 0.2) is 0 Å². The van der Waals surface area contributed by atoms with Gasteiger partial charge in [-0.2, -0.15) is 0 Å². The van der Waals surface area contributed by atoms with Gasteiger partial charge in [-0.25, -0.2) is 4.39 Å². The first-order valence-electron chi connectivity index (χ1n) is 6.14. The largest absolute Gasteiger partial charge is 0.481 e. The molecule has 0 aliphatic heterocycles. The van der Waals surface area contributed by atoms with Gasteiger partial charge in [-0.15, -0.1) is 6.42 Å². The first-order chi connectivity index (χ1) is 10.1. The molecule has 0 aliphatic rings. The molecule has 108 valence electrons. The van der Waals surface area contributed by atoms with Gasteiger partial charge < -0.3 is 10.1 Å². The number of hydrogen-bond donors (Lipinski definition) is 1. The van der Waals surface area contributed by atoms with Gasteiger partial charge in [-0.1, -0.05) is 33.5 Å². The van der Waals surface area contributed by atoms with E-state index in [9.17, 15) is 4.39 Å². The molecule has 0 unspecified atom stereocenters. The van der Waals surface area contributed by atoms with Crippen molar-refractivity contribution in [2.24, 2.45) is 0 Å². The molecule has 0 amide bonds. The van der Waals surface area contributed by atoms with Crippen LogP contribution >= 0.6 is 27.5 Å². The summed E-state index contributed by atoms with van der Waals surface area (Å²) in [6.07, 6.45) is 5.19. The van der Waals surface area contributed by atoms with Gasteiger partial charge in [0.25, 0.3) is 0 Å². The zero-order valence-corrected chi connectivity index (χ0v) is 13.3. The summed E-state index contributed by atoms with van der Waals surface area (Å²) < 4.78 is 20.1. The summed E-state index contributed by atoms with van der Waals surface area (Å²) in [6.45, 7) is 0.585. The molecule has 2 aromatic carbocycles. The third kappa shape index (κ3) is 4.38. The molecular formula is C16H12BrClFNO. The molecule has 0 saturated heterocycles. The van der Waals surface area contributed by atoms with E-state index in [-0.39, 0.29) is 6.61 Å². The molecular weight excluding hydrogens is 357 g/mol. The van der Waals surface area contributed by atoms with E-state index in [0.717, 1.165) is 10.0 Å². The van der Waals surface area contributed by atoms with E-state index in [1.165, 1.54) is 6.07 Å². The highest BCUT2D eigenvalue weighted by Crippen LogP contribution is 2.25. The zero-order chi connectivity index (χ0) is 15.2. The van der Waals surface area contributed by atoms with Gasteiger partial charge in [0.2, 0.25) is 0 Å². The molecule has 0 saturated carbocycles. The Kier molecular flexibility index (Phi) is 5.49. The number of ether oxygens (including phenoxy) is 1. The molecule has 0 fully saturated rings. The summed E-state index contributed by atoms with van der Waals surface area (Å²) in [5.74, 6) is 2.68. The maximum Gasteiger partial charge on any atom is 0.148 e. The highest BCUT2D eigenvalue weighted by atomic mass is 79.9. The Morgan fingerprint density at radius 3 is 2.81 bits per heavy atom. The normalized spacial score (nSPS) is 10.0. The molecule has 0 spiro atoms. The van der Waals surface area contributed by atoms with Crippen molar-refractivity contribution in [1.82, 2.24) is 0 Å². The van der Waals surface area contributed by atoms with Crippen LogP contribution in [-0.4, -0.2) is 6.61 Å². The highest BCUT2D eigenvalue weighted by Gasteiger charge is 2.07. The van der Waals surface area contributed by atoms with Crippen molar-refractivity contribution in [2.75, 3.05) is 11.9 Å². The summed E-state index contributed by atoms with van der Waals surface area (Å²) in [6, 6.07) is 10.1. The van der Waals surface area contributed by atoms with Gasteiger partial charge in [-0.05, 0) is 36.4 Å². The number of nitrogens with one attached hydrogen (secondary N) is 1. The Morgan fingerprint density at radius 1 is 1.29 bits per heavy atom. The molecule has 0 aliphatic carbocycles. The lowest BCUT2D eigenvalue weighted by atomic mass is 10.2. The first-order valence-corrected chi connectivity index (χ1v) is 7.31. The van der Waals surface area contributed by atoms with Crippen molar-refractivity contribution in [3.8, 4) is 18.1 Å². The van der Waals surface area contributed by atoms with E-state index in [0.29, 0.717) is 23.0 Å². The minimum Gasteiger partial charge on any atom is -0.481 e. The Bertz CT molecular complexity index is 684. The first kappa shape index (κ1) is 15.7. The van der Waals surface area contributed by atoms with Gasteiger partial charge >= 0.3 is 0 Å². The van der Waals surface area contributed by atoms with E-state index < -0.39 is 5.82 Å². The molecule has 2 aromatic rings. The predicted molar refractivity (Wildman–Crippen MR) is 87.2 cm³/mol. The summed E-state index contributed by atoms with van der Waals surface area (Å²) in [4.78, 5) is 0. The van der Waals surface area contributed by atoms with Crippen molar-refractivity contribution in [3.05, 3.63) is 57.3 Å². The Labute approximate surface area is 136 Å². The fraction of sp³-hybridized carbons (Fsp3) is 0.125. The van der Waals surface area contributed by atoms with Gasteiger partial charge in [0, 0.05) is 21.6 Å². The highest BCUT2D eigenvalue weighted by molar-refractivity contribution is 9.10. The van der Waals surface area contributed by atoms with Crippen LogP contribution < -0.4 is 10.1 Å². The third-order valence-corrected chi connectivity index (χ3v) is 3.46. The Morgan fingerprint density at radius 2 is 2.10 bits per heavy atom. The quantitative estimate of drug-likeness (QED) is 0.761. The van der Waals surface area contributed by atoms with Crippen LogP contribution in [0.25, 0.3) is 0 Å². The van der Waals surface area contributed by atoms with Gasteiger partial charge in [-0.3, -0.25) is 0 Å². The summed E-state index contributed by atoms with van der Waals surface area (Å²) >= 11 is 9.12. The molecule has 5 heteroatoms. The van der Waals surface area contributed by atoms with Crippen LogP contribution in [-0.2, 0) is 6.54 Å². The second-order valence-corrected chi connectivity index (χ2v) is 5.57. The lowest BCUT2D eigenvalue weighted by Crippen LogP contribution is -2.05. The molecule has 0 radical (unpaired) electrons. The van der Waals surface area contributed by atoms with Crippen molar-refractivity contribution in [2.45, 2.75) is 6.54 Å². The summed E-state index contributed by atoms with van der Waals surface area (Å²) in [5, 5.41) is 3.37. The third-order valence-electron chi connectivity index (χ3n) is 2.73. The smallest absolute Gasteiger partial charge is 0.148 e. The number of rotatable bonds is 5. The molecule has 0 heterocycles. The maximum absolute atomic E-state index is 13.7. The van der Waals surface area contributed by atoms with Crippen molar-refractivity contribution >= 4 is 33.2 Å². The topological polar surface area (TPSA) is 21.3 Å². The number of hydrogen-bond acceptors (Lipinski definition) is 2. The van der Waals surface area contributed by atoms with Crippen LogP contribution in [0.3, 0.4) is 0 Å². The van der Waals surface area contributed by atoms with E-state index in [4.69, 9.17) is 22.8 Å². The average molecular weight is 369 g/mol. The maximum atomic E-state index is 13.7. The molecule has 2 rings (SSSR count). The van der Waals surface area contributed by atoms with Crippen LogP contribution in [0.4, 0.5) is 10.1 Å². The molecule has 0 bridgehead atoms. The van der Waals surface area contributed by atoms with Gasteiger partial charge in [0.1, 0.15) is 18.2 Å². The summed E-state index contributed by atoms with van der Waals surface area (Å²) in [7, 11) is 0. The lowest BCUT2D eigenvalue weighted by Gasteiger charge is -2.12. The summed E-state index contributed by atoms with van der Waals surface area (Å²) in [5.41, 5.74) is 1.25. The minimum absolute atomic E-state index is 0.184. The molecule has 21 heavy (non-hydrogen) atoms. The van der Waals surface area contributed by atoms with E-state index >= 15 is 0 Å². The number of benzene rings is 2. The molecule has 0 atom stereocenters. The lowest BCUT2D eigenvalue weighted by molar-refractivity contribution is 0.366. The standard InChI is InChI=1S/C16H12BrClFNO/c1-2-7-21-16-6-3-12(17)8-11(16)10-20-15-5-4-13(18)9-14(15)19/h1,3-6,8-9,20H,7,10H2. The number of halogens is 3. The molecule has 0 aromatic heterocycles. The van der Waals surface area contributed by atoms with Crippen molar-refractivity contribution in [3.63, 3.8) is 0 Å². The monoisotopic (exact) mass is 367 g/mol.